The summed E-state index contributed by atoms with van der Waals surface area (Å²) >= 11 is 1.86. The molecule has 0 aliphatic heterocycles. The first kappa shape index (κ1) is 34.0. The van der Waals surface area contributed by atoms with Crippen LogP contribution in [0.5, 0.6) is 0 Å². The van der Waals surface area contributed by atoms with Crippen molar-refractivity contribution in [3.05, 3.63) is 194 Å². The van der Waals surface area contributed by atoms with E-state index in [1.165, 1.54) is 42.1 Å². The van der Waals surface area contributed by atoms with E-state index in [1.54, 1.807) is 0 Å². The Morgan fingerprint density at radius 1 is 0.410 bits per heavy atom. The summed E-state index contributed by atoms with van der Waals surface area (Å²) in [6.45, 7) is 0. The molecule has 61 heavy (non-hydrogen) atoms. The van der Waals surface area contributed by atoms with Crippen molar-refractivity contribution >= 4 is 86.0 Å². The van der Waals surface area contributed by atoms with Crippen molar-refractivity contribution < 1.29 is 4.42 Å². The molecule has 6 heteroatoms. The van der Waals surface area contributed by atoms with Crippen LogP contribution < -0.4 is 0 Å². The molecule has 0 atom stereocenters. The average Bonchev–Trinajstić information content (AvgIpc) is 4.01. The molecule has 4 aromatic heterocycles. The van der Waals surface area contributed by atoms with E-state index in [-0.39, 0.29) is 0 Å². The minimum atomic E-state index is 0.546. The topological polar surface area (TPSA) is 56.7 Å². The van der Waals surface area contributed by atoms with E-state index >= 15 is 0 Å². The van der Waals surface area contributed by atoms with E-state index in [9.17, 15) is 0 Å². The van der Waals surface area contributed by atoms with Gasteiger partial charge in [-0.3, -0.25) is 4.57 Å². The molecule has 284 valence electrons. The van der Waals surface area contributed by atoms with E-state index in [0.29, 0.717) is 17.6 Å². The van der Waals surface area contributed by atoms with Crippen LogP contribution in [-0.2, 0) is 0 Å². The smallest absolute Gasteiger partial charge is 0.238 e. The van der Waals surface area contributed by atoms with E-state index in [2.05, 4.69) is 162 Å². The molecule has 0 aliphatic rings. The number of hydrogen-bond acceptors (Lipinski definition) is 5. The third-order valence-corrected chi connectivity index (χ3v) is 13.3. The molecule has 0 fully saturated rings. The minimum Gasteiger partial charge on any atom is -0.456 e. The SMILES string of the molecule is c1ccc(-c2nc(-c3ccc4c(c3)oc3ccccc34)nc(-n3c4ccc5ccccc5c4c4cccc(-c5ccc(-c6cccc7c6sc6ccccc67)cc5)c43)n2)cc1. The van der Waals surface area contributed by atoms with Crippen molar-refractivity contribution in [3.8, 4) is 51.0 Å². The summed E-state index contributed by atoms with van der Waals surface area (Å²) in [7, 11) is 0. The van der Waals surface area contributed by atoms with Crippen molar-refractivity contribution in [2.24, 2.45) is 0 Å². The number of thiophene rings is 1. The lowest BCUT2D eigenvalue weighted by Gasteiger charge is -2.13. The monoisotopic (exact) mass is 796 g/mol. The Kier molecular flexibility index (Phi) is 7.41. The molecule has 0 spiro atoms. The highest BCUT2D eigenvalue weighted by molar-refractivity contribution is 7.26. The fraction of sp³-hybridized carbons (Fsp3) is 0. The van der Waals surface area contributed by atoms with E-state index in [1.807, 2.05) is 47.7 Å². The number of para-hydroxylation sites is 2. The van der Waals surface area contributed by atoms with Gasteiger partial charge < -0.3 is 4.42 Å². The van der Waals surface area contributed by atoms with Gasteiger partial charge in [0.05, 0.1) is 11.0 Å². The standard InChI is InChI=1S/C55H32N4OS/c1-2-13-36(14-3-1)53-56-54(37-28-30-42-41-16-6-8-22-47(41)60-48(42)32-37)58-55(57-53)59-46-31-29-33-12-4-5-15-38(33)50(46)45-21-10-18-39(51(45)59)34-24-26-35(27-25-34)40-19-11-20-44-43-17-7-9-23-49(43)61-52(40)44/h1-32H. The molecule has 0 radical (unpaired) electrons. The number of benzene rings is 9. The van der Waals surface area contributed by atoms with Gasteiger partial charge in [0.1, 0.15) is 11.2 Å². The van der Waals surface area contributed by atoms with Crippen LogP contribution in [0.3, 0.4) is 0 Å². The van der Waals surface area contributed by atoms with Gasteiger partial charge in [-0.1, -0.05) is 164 Å². The van der Waals surface area contributed by atoms with Crippen LogP contribution in [0.1, 0.15) is 0 Å². The van der Waals surface area contributed by atoms with Crippen molar-refractivity contribution in [3.63, 3.8) is 0 Å². The average molecular weight is 797 g/mol. The first-order chi connectivity index (χ1) is 30.2. The number of fused-ring (bicyclic) bond motifs is 11. The van der Waals surface area contributed by atoms with Crippen LogP contribution >= 0.6 is 11.3 Å². The molecule has 9 aromatic carbocycles. The molecule has 0 saturated heterocycles. The molecule has 13 rings (SSSR count). The van der Waals surface area contributed by atoms with Crippen molar-refractivity contribution in [1.29, 1.82) is 0 Å². The number of rotatable bonds is 5. The van der Waals surface area contributed by atoms with E-state index in [0.717, 1.165) is 66.0 Å². The minimum absolute atomic E-state index is 0.546. The Morgan fingerprint density at radius 2 is 1.05 bits per heavy atom. The van der Waals surface area contributed by atoms with Crippen LogP contribution in [0.4, 0.5) is 0 Å². The molecule has 0 N–H and O–H groups in total. The van der Waals surface area contributed by atoms with Gasteiger partial charge in [0.15, 0.2) is 11.6 Å². The van der Waals surface area contributed by atoms with Gasteiger partial charge in [-0.15, -0.1) is 11.3 Å². The molecular weight excluding hydrogens is 765 g/mol. The fourth-order valence-electron chi connectivity index (χ4n) is 9.26. The van der Waals surface area contributed by atoms with Crippen LogP contribution in [0, 0.1) is 0 Å². The number of furan rings is 1. The quantitative estimate of drug-likeness (QED) is 0.174. The predicted molar refractivity (Wildman–Crippen MR) is 254 cm³/mol. The lowest BCUT2D eigenvalue weighted by atomic mass is 9.97. The summed E-state index contributed by atoms with van der Waals surface area (Å²) in [5, 5.41) is 9.40. The fourth-order valence-corrected chi connectivity index (χ4v) is 10.5. The third kappa shape index (κ3) is 5.29. The summed E-state index contributed by atoms with van der Waals surface area (Å²) in [5.41, 5.74) is 10.1. The normalized spacial score (nSPS) is 11.9. The Hall–Kier alpha value is -7.93. The summed E-state index contributed by atoms with van der Waals surface area (Å²) in [5.74, 6) is 1.71. The summed E-state index contributed by atoms with van der Waals surface area (Å²) in [6, 6.07) is 68.6. The molecule has 0 aliphatic carbocycles. The number of nitrogens with zero attached hydrogens (tertiary/aromatic N) is 4. The Labute approximate surface area is 353 Å². The second kappa shape index (κ2) is 13.3. The molecule has 0 amide bonds. The third-order valence-electron chi connectivity index (χ3n) is 12.1. The summed E-state index contributed by atoms with van der Waals surface area (Å²) < 4.78 is 11.2. The molecule has 4 heterocycles. The van der Waals surface area contributed by atoms with Gasteiger partial charge >= 0.3 is 0 Å². The van der Waals surface area contributed by atoms with Crippen molar-refractivity contribution in [1.82, 2.24) is 19.5 Å². The highest BCUT2D eigenvalue weighted by Crippen LogP contribution is 2.43. The zero-order valence-electron chi connectivity index (χ0n) is 32.6. The highest BCUT2D eigenvalue weighted by Gasteiger charge is 2.22. The molecule has 0 bridgehead atoms. The highest BCUT2D eigenvalue weighted by atomic mass is 32.1. The molecule has 0 saturated carbocycles. The molecular formula is C55H32N4OS. The zero-order chi connectivity index (χ0) is 40.0. The summed E-state index contributed by atoms with van der Waals surface area (Å²) in [6.07, 6.45) is 0. The van der Waals surface area contributed by atoms with Crippen molar-refractivity contribution in [2.45, 2.75) is 0 Å². The second-order valence-electron chi connectivity index (χ2n) is 15.5. The van der Waals surface area contributed by atoms with Crippen LogP contribution in [-0.4, -0.2) is 19.5 Å². The van der Waals surface area contributed by atoms with Gasteiger partial charge in [0, 0.05) is 58.4 Å². The molecule has 13 aromatic rings. The lowest BCUT2D eigenvalue weighted by Crippen LogP contribution is -2.07. The molecule has 5 nitrogen and oxygen atoms in total. The maximum atomic E-state index is 6.35. The molecule has 0 unspecified atom stereocenters. The van der Waals surface area contributed by atoms with Crippen LogP contribution in [0.15, 0.2) is 199 Å². The Morgan fingerprint density at radius 3 is 1.90 bits per heavy atom. The van der Waals surface area contributed by atoms with Gasteiger partial charge in [0.2, 0.25) is 5.95 Å². The maximum Gasteiger partial charge on any atom is 0.238 e. The van der Waals surface area contributed by atoms with E-state index < -0.39 is 0 Å². The summed E-state index contributed by atoms with van der Waals surface area (Å²) in [4.78, 5) is 15.8. The lowest BCUT2D eigenvalue weighted by molar-refractivity contribution is 0.669. The van der Waals surface area contributed by atoms with Gasteiger partial charge in [-0.25, -0.2) is 4.98 Å². The van der Waals surface area contributed by atoms with Crippen molar-refractivity contribution in [2.75, 3.05) is 0 Å². The van der Waals surface area contributed by atoms with E-state index in [4.69, 9.17) is 19.4 Å². The Balaban J connectivity index is 1.05. The number of hydrogen-bond donors (Lipinski definition) is 0. The van der Waals surface area contributed by atoms with Crippen LogP contribution in [0.2, 0.25) is 0 Å². The first-order valence-electron chi connectivity index (χ1n) is 20.4. The number of aromatic nitrogens is 4. The van der Waals surface area contributed by atoms with Crippen LogP contribution in [0.25, 0.3) is 126 Å². The predicted octanol–water partition coefficient (Wildman–Crippen LogP) is 15.1. The largest absolute Gasteiger partial charge is 0.456 e. The Bertz CT molecular complexity index is 3880. The second-order valence-corrected chi connectivity index (χ2v) is 16.6. The zero-order valence-corrected chi connectivity index (χ0v) is 33.4. The first-order valence-corrected chi connectivity index (χ1v) is 21.2. The maximum absolute atomic E-state index is 6.35. The van der Waals surface area contributed by atoms with Gasteiger partial charge in [-0.2, -0.15) is 9.97 Å². The van der Waals surface area contributed by atoms with Gasteiger partial charge in [-0.05, 0) is 57.8 Å². The van der Waals surface area contributed by atoms with Gasteiger partial charge in [0.25, 0.3) is 0 Å².